The molecule has 1 aromatic heterocycles. The standard InChI is InChI=1S/C11H8BrCl2IN4O5S/c1-24-11-10(17-9(8(12)16-11)15-19(20)21)18-25(22,23)6-4-2-3-5(13)7(6)14/h2-4,20H,1H3,(H,17,18)/q-2. The second kappa shape index (κ2) is 8.47. The Bertz CT molecular complexity index is 902. The predicted octanol–water partition coefficient (Wildman–Crippen LogP) is -0.282. The van der Waals surface area contributed by atoms with Gasteiger partial charge in [-0.2, -0.15) is 0 Å². The van der Waals surface area contributed by atoms with Crippen molar-refractivity contribution in [3.05, 3.63) is 41.8 Å². The van der Waals surface area contributed by atoms with E-state index in [0.29, 0.717) is 0 Å². The fraction of sp³-hybridized carbons (Fsp3) is 0.0909. The molecule has 14 heteroatoms. The van der Waals surface area contributed by atoms with Gasteiger partial charge in [0.1, 0.15) is 0 Å². The van der Waals surface area contributed by atoms with Gasteiger partial charge in [0.05, 0.1) is 0 Å². The molecule has 0 spiro atoms. The number of ether oxygens (including phenoxy) is 1. The van der Waals surface area contributed by atoms with Gasteiger partial charge in [-0.05, 0) is 0 Å². The van der Waals surface area contributed by atoms with Crippen molar-refractivity contribution >= 4 is 55.0 Å². The summed E-state index contributed by atoms with van der Waals surface area (Å²) in [5.41, 5.74) is 0. The molecule has 0 radical (unpaired) electrons. The Morgan fingerprint density at radius 3 is 2.68 bits per heavy atom. The van der Waals surface area contributed by atoms with E-state index in [0.717, 1.165) is 0 Å². The van der Waals surface area contributed by atoms with Crippen LogP contribution in [0.25, 0.3) is 0 Å². The molecule has 1 aromatic carbocycles. The maximum atomic E-state index is 12.6. The summed E-state index contributed by atoms with van der Waals surface area (Å²) in [6.07, 6.45) is 0. The molecule has 0 unspecified atom stereocenters. The Morgan fingerprint density at radius 2 is 2.08 bits per heavy atom. The van der Waals surface area contributed by atoms with Gasteiger partial charge in [-0.15, -0.1) is 0 Å². The zero-order chi connectivity index (χ0) is 18.8. The van der Waals surface area contributed by atoms with E-state index in [1.54, 1.807) is 0 Å². The summed E-state index contributed by atoms with van der Waals surface area (Å²) < 4.78 is 32.3. The second-order valence-electron chi connectivity index (χ2n) is 4.13. The number of sulfonamides is 1. The fourth-order valence-corrected chi connectivity index (χ4v) is 5.11. The third kappa shape index (κ3) is 5.03. The van der Waals surface area contributed by atoms with Crippen LogP contribution in [0, 0.1) is 8.91 Å². The molecule has 0 fully saturated rings. The van der Waals surface area contributed by atoms with E-state index >= 15 is 0 Å². The summed E-state index contributed by atoms with van der Waals surface area (Å²) in [4.78, 5) is 7.69. The van der Waals surface area contributed by atoms with Crippen molar-refractivity contribution in [3.8, 4) is 5.88 Å². The minimum absolute atomic E-state index is 0.0622. The Hall–Kier alpha value is -0.480. The Balaban J connectivity index is 2.49. The third-order valence-corrected chi connectivity index (χ3v) is 7.79. The van der Waals surface area contributed by atoms with Crippen molar-refractivity contribution in [2.45, 2.75) is 4.90 Å². The summed E-state index contributed by atoms with van der Waals surface area (Å²) in [7, 11) is -2.90. The molecule has 2 aromatic rings. The van der Waals surface area contributed by atoms with Crippen LogP contribution in [-0.4, -0.2) is 34.1 Å². The van der Waals surface area contributed by atoms with Gasteiger partial charge >= 0.3 is 173 Å². The molecule has 2 N–H and O–H groups in total. The van der Waals surface area contributed by atoms with E-state index in [4.69, 9.17) is 33.1 Å². The van der Waals surface area contributed by atoms with Crippen molar-refractivity contribution in [2.24, 2.45) is 0 Å². The number of rotatable bonds is 6. The normalized spacial score (nSPS) is 11.8. The van der Waals surface area contributed by atoms with E-state index in [1.807, 2.05) is 0 Å². The van der Waals surface area contributed by atoms with Gasteiger partial charge in [-0.25, -0.2) is 0 Å². The van der Waals surface area contributed by atoms with Crippen molar-refractivity contribution in [2.75, 3.05) is 11.8 Å². The van der Waals surface area contributed by atoms with Crippen LogP contribution < -0.4 is 30.9 Å². The van der Waals surface area contributed by atoms with Gasteiger partial charge in [0, 0.05) is 0 Å². The Labute approximate surface area is 171 Å². The zero-order valence-electron chi connectivity index (χ0n) is 12.1. The number of hydrogen-bond donors (Lipinski definition) is 2. The van der Waals surface area contributed by atoms with Gasteiger partial charge in [0.15, 0.2) is 0 Å². The Morgan fingerprint density at radius 1 is 1.40 bits per heavy atom. The molecule has 0 atom stereocenters. The first-order chi connectivity index (χ1) is 11.7. The van der Waals surface area contributed by atoms with Crippen LogP contribution in [0.3, 0.4) is 0 Å². The van der Waals surface area contributed by atoms with Crippen LogP contribution >= 0.6 is 39.1 Å². The monoisotopic (exact) mass is 584 g/mol. The number of nitrogens with one attached hydrogen (secondary N) is 1. The molecule has 9 nitrogen and oxygen atoms in total. The molecule has 1 heterocycles. The van der Waals surface area contributed by atoms with Crippen LogP contribution in [-0.2, 0) is 10.0 Å². The van der Waals surface area contributed by atoms with E-state index in [2.05, 4.69) is 30.6 Å². The molecule has 0 saturated carbocycles. The van der Waals surface area contributed by atoms with E-state index in [-0.39, 0.29) is 38.4 Å². The van der Waals surface area contributed by atoms with Gasteiger partial charge < -0.3 is 0 Å². The zero-order valence-corrected chi connectivity index (χ0v) is 18.1. The topological polar surface area (TPSA) is 128 Å². The number of anilines is 1. The number of nitrogens with zero attached hydrogens (tertiary/aromatic N) is 3. The summed E-state index contributed by atoms with van der Waals surface area (Å²) >= 11 is 13.2. The number of aromatic nitrogens is 2. The molecule has 25 heavy (non-hydrogen) atoms. The van der Waals surface area contributed by atoms with E-state index in [9.17, 15) is 13.6 Å². The third-order valence-electron chi connectivity index (χ3n) is 2.56. The average Bonchev–Trinajstić information content (AvgIpc) is 2.52. The number of halogens is 4. The summed E-state index contributed by atoms with van der Waals surface area (Å²) in [6, 6.07) is 4.12. The van der Waals surface area contributed by atoms with Crippen LogP contribution in [0.1, 0.15) is 0 Å². The quantitative estimate of drug-likeness (QED) is 0.269. The summed E-state index contributed by atoms with van der Waals surface area (Å²) in [6.45, 7) is 0. The van der Waals surface area contributed by atoms with Crippen LogP contribution in [0.2, 0.25) is 10.0 Å². The number of benzene rings is 1. The van der Waals surface area contributed by atoms with Crippen molar-refractivity contribution < 1.29 is 39.8 Å². The molecule has 0 aliphatic carbocycles. The molecule has 0 aliphatic rings. The summed E-state index contributed by atoms with van der Waals surface area (Å²) in [5, 5.41) is 19.6. The van der Waals surface area contributed by atoms with Crippen LogP contribution in [0.4, 0.5) is 5.82 Å². The SMILES string of the molecule is COc1nc(Br)c([I-]N([O-])O)nc1NS(=O)(=O)c1cccc(Cl)c1Cl. The van der Waals surface area contributed by atoms with E-state index < -0.39 is 31.5 Å². The first-order valence-corrected chi connectivity index (χ1v) is 11.1. The van der Waals surface area contributed by atoms with Gasteiger partial charge in [0.25, 0.3) is 0 Å². The molecule has 0 aliphatic heterocycles. The molecule has 0 saturated heterocycles. The van der Waals surface area contributed by atoms with E-state index in [1.165, 1.54) is 25.3 Å². The minimum atomic E-state index is -4.16. The van der Waals surface area contributed by atoms with Crippen molar-refractivity contribution in [1.82, 2.24) is 13.4 Å². The fourth-order valence-electron chi connectivity index (χ4n) is 1.59. The molecule has 138 valence electrons. The van der Waals surface area contributed by atoms with Crippen molar-refractivity contribution in [3.63, 3.8) is 0 Å². The van der Waals surface area contributed by atoms with Crippen LogP contribution in [0.5, 0.6) is 5.88 Å². The maximum absolute atomic E-state index is 12.6. The Kier molecular flexibility index (Phi) is 7.06. The van der Waals surface area contributed by atoms with Gasteiger partial charge in [-0.1, -0.05) is 0 Å². The number of hydrogen-bond acceptors (Lipinski definition) is 8. The van der Waals surface area contributed by atoms with Gasteiger partial charge in [-0.3, -0.25) is 0 Å². The predicted molar refractivity (Wildman–Crippen MR) is 89.2 cm³/mol. The molecule has 2 rings (SSSR count). The average molecular weight is 586 g/mol. The summed E-state index contributed by atoms with van der Waals surface area (Å²) in [5.74, 6) is -0.407. The molecular weight excluding hydrogens is 578 g/mol. The van der Waals surface area contributed by atoms with Crippen LogP contribution in [0.15, 0.2) is 27.7 Å². The first kappa shape index (κ1) is 20.8. The van der Waals surface area contributed by atoms with Crippen molar-refractivity contribution in [1.29, 1.82) is 0 Å². The first-order valence-electron chi connectivity index (χ1n) is 6.05. The molecule has 0 bridgehead atoms. The van der Waals surface area contributed by atoms with Gasteiger partial charge in [0.2, 0.25) is 0 Å². The molecular formula is C11H8BrCl2IN4O5S-2. The number of methoxy groups -OCH3 is 1. The second-order valence-corrected chi connectivity index (χ2v) is 9.65. The molecule has 0 amide bonds.